The zero-order valence-corrected chi connectivity index (χ0v) is 11.6. The summed E-state index contributed by atoms with van der Waals surface area (Å²) >= 11 is 0. The van der Waals surface area contributed by atoms with Gasteiger partial charge in [0.25, 0.3) is 5.95 Å². The van der Waals surface area contributed by atoms with Crippen LogP contribution in [0.5, 0.6) is 0 Å². The van der Waals surface area contributed by atoms with Crippen LogP contribution in [0.1, 0.15) is 26.2 Å². The zero-order chi connectivity index (χ0) is 13.9. The zero-order valence-electron chi connectivity index (χ0n) is 11.6. The highest BCUT2D eigenvalue weighted by Gasteiger charge is 2.25. The molecule has 0 amide bonds. The average molecular weight is 273 g/mol. The van der Waals surface area contributed by atoms with Crippen molar-refractivity contribution in [3.63, 3.8) is 0 Å². The van der Waals surface area contributed by atoms with Gasteiger partial charge in [0.05, 0.1) is 0 Å². The molecule has 1 saturated carbocycles. The van der Waals surface area contributed by atoms with E-state index in [1.165, 1.54) is 12.8 Å². The number of rotatable bonds is 6. The summed E-state index contributed by atoms with van der Waals surface area (Å²) in [6.07, 6.45) is 7.13. The van der Waals surface area contributed by atoms with E-state index in [1.54, 1.807) is 17.1 Å². The molecule has 0 aromatic carbocycles. The van der Waals surface area contributed by atoms with E-state index in [0.717, 1.165) is 25.4 Å². The molecule has 2 N–H and O–H groups in total. The molecule has 1 fully saturated rings. The summed E-state index contributed by atoms with van der Waals surface area (Å²) in [5, 5.41) is 4.14. The van der Waals surface area contributed by atoms with Crippen molar-refractivity contribution in [2.45, 2.75) is 26.2 Å². The maximum Gasteiger partial charge on any atom is 0.257 e. The molecule has 0 bridgehead atoms. The van der Waals surface area contributed by atoms with Gasteiger partial charge < -0.3 is 10.6 Å². The number of hydrogen-bond donors (Lipinski definition) is 1. The summed E-state index contributed by atoms with van der Waals surface area (Å²) in [6.45, 7) is 4.08. The molecular formula is C13H19N7. The first kappa shape index (κ1) is 12.8. The summed E-state index contributed by atoms with van der Waals surface area (Å²) in [6, 6.07) is 1.83. The van der Waals surface area contributed by atoms with E-state index in [9.17, 15) is 0 Å². The van der Waals surface area contributed by atoms with E-state index in [-0.39, 0.29) is 5.95 Å². The third kappa shape index (κ3) is 2.87. The fraction of sp³-hybridized carbons (Fsp3) is 0.538. The minimum Gasteiger partial charge on any atom is -0.368 e. The van der Waals surface area contributed by atoms with Crippen molar-refractivity contribution >= 4 is 11.9 Å². The SMILES string of the molecule is CCCN(CC1CC1)c1nc(N)nc(-n2cccn2)n1. The second-order valence-corrected chi connectivity index (χ2v) is 5.13. The summed E-state index contributed by atoms with van der Waals surface area (Å²) in [5.41, 5.74) is 5.82. The summed E-state index contributed by atoms with van der Waals surface area (Å²) in [4.78, 5) is 15.1. The van der Waals surface area contributed by atoms with Crippen molar-refractivity contribution in [2.24, 2.45) is 5.92 Å². The van der Waals surface area contributed by atoms with Crippen LogP contribution >= 0.6 is 0 Å². The van der Waals surface area contributed by atoms with Crippen LogP contribution in [-0.2, 0) is 0 Å². The van der Waals surface area contributed by atoms with Gasteiger partial charge in [0.2, 0.25) is 11.9 Å². The Balaban J connectivity index is 1.90. The van der Waals surface area contributed by atoms with Crippen LogP contribution in [0.3, 0.4) is 0 Å². The first-order valence-electron chi connectivity index (χ1n) is 7.02. The van der Waals surface area contributed by atoms with Gasteiger partial charge in [-0.05, 0) is 31.2 Å². The van der Waals surface area contributed by atoms with Crippen molar-refractivity contribution < 1.29 is 0 Å². The van der Waals surface area contributed by atoms with Crippen molar-refractivity contribution in [3.8, 4) is 5.95 Å². The second-order valence-electron chi connectivity index (χ2n) is 5.13. The van der Waals surface area contributed by atoms with Crippen LogP contribution in [0.4, 0.5) is 11.9 Å². The first-order valence-corrected chi connectivity index (χ1v) is 7.02. The van der Waals surface area contributed by atoms with Crippen LogP contribution in [0.2, 0.25) is 0 Å². The lowest BCUT2D eigenvalue weighted by atomic mass is 10.3. The van der Waals surface area contributed by atoms with Gasteiger partial charge in [0.1, 0.15) is 0 Å². The molecule has 0 saturated heterocycles. The van der Waals surface area contributed by atoms with E-state index >= 15 is 0 Å². The minimum absolute atomic E-state index is 0.234. The third-order valence-corrected chi connectivity index (χ3v) is 3.29. The lowest BCUT2D eigenvalue weighted by Crippen LogP contribution is -2.29. The Bertz CT molecular complexity index is 562. The maximum absolute atomic E-state index is 5.82. The van der Waals surface area contributed by atoms with E-state index < -0.39 is 0 Å². The molecule has 1 aliphatic rings. The monoisotopic (exact) mass is 273 g/mol. The van der Waals surface area contributed by atoms with Gasteiger partial charge in [-0.25, -0.2) is 4.68 Å². The van der Waals surface area contributed by atoms with Gasteiger partial charge in [0.15, 0.2) is 0 Å². The van der Waals surface area contributed by atoms with E-state index in [2.05, 4.69) is 31.9 Å². The Morgan fingerprint density at radius 3 is 2.85 bits per heavy atom. The van der Waals surface area contributed by atoms with Gasteiger partial charge >= 0.3 is 0 Å². The molecule has 3 rings (SSSR count). The van der Waals surface area contributed by atoms with Crippen LogP contribution in [0.15, 0.2) is 18.5 Å². The molecular weight excluding hydrogens is 254 g/mol. The Hall–Kier alpha value is -2.18. The standard InChI is InChI=1S/C13H19N7/c1-2-7-19(9-10-4-5-10)12-16-11(14)17-13(18-12)20-8-3-6-15-20/h3,6,8,10H,2,4-5,7,9H2,1H3,(H2,14,16,17,18). The lowest BCUT2D eigenvalue weighted by Gasteiger charge is -2.22. The Morgan fingerprint density at radius 2 is 2.20 bits per heavy atom. The number of nitrogens with zero attached hydrogens (tertiary/aromatic N) is 6. The number of anilines is 2. The lowest BCUT2D eigenvalue weighted by molar-refractivity contribution is 0.679. The average Bonchev–Trinajstić information content (AvgIpc) is 3.08. The number of nitrogen functional groups attached to an aromatic ring is 1. The number of hydrogen-bond acceptors (Lipinski definition) is 6. The summed E-state index contributed by atoms with van der Waals surface area (Å²) in [7, 11) is 0. The van der Waals surface area contributed by atoms with Crippen LogP contribution in [0.25, 0.3) is 5.95 Å². The molecule has 2 aromatic heterocycles. The van der Waals surface area contributed by atoms with E-state index in [0.29, 0.717) is 11.9 Å². The molecule has 1 aliphatic carbocycles. The minimum atomic E-state index is 0.234. The van der Waals surface area contributed by atoms with Gasteiger partial charge in [-0.3, -0.25) is 0 Å². The normalized spacial score (nSPS) is 14.4. The molecule has 20 heavy (non-hydrogen) atoms. The second kappa shape index (κ2) is 5.44. The predicted molar refractivity (Wildman–Crippen MR) is 76.6 cm³/mol. The molecule has 0 spiro atoms. The van der Waals surface area contributed by atoms with Gasteiger partial charge in [-0.2, -0.15) is 20.1 Å². The predicted octanol–water partition coefficient (Wildman–Crippen LogP) is 1.27. The smallest absolute Gasteiger partial charge is 0.257 e. The summed E-state index contributed by atoms with van der Waals surface area (Å²) < 4.78 is 1.60. The number of nitrogens with two attached hydrogens (primary N) is 1. The van der Waals surface area contributed by atoms with Gasteiger partial charge in [0, 0.05) is 25.5 Å². The molecule has 7 nitrogen and oxygen atoms in total. The largest absolute Gasteiger partial charge is 0.368 e. The highest BCUT2D eigenvalue weighted by Crippen LogP contribution is 2.30. The van der Waals surface area contributed by atoms with Crippen molar-refractivity contribution in [3.05, 3.63) is 18.5 Å². The molecule has 0 radical (unpaired) electrons. The molecule has 7 heteroatoms. The molecule has 2 aromatic rings. The number of aromatic nitrogens is 5. The highest BCUT2D eigenvalue weighted by atomic mass is 15.4. The molecule has 106 valence electrons. The van der Waals surface area contributed by atoms with Crippen molar-refractivity contribution in [1.29, 1.82) is 0 Å². The molecule has 2 heterocycles. The highest BCUT2D eigenvalue weighted by molar-refractivity contribution is 5.38. The summed E-state index contributed by atoms with van der Waals surface area (Å²) in [5.74, 6) is 2.12. The van der Waals surface area contributed by atoms with E-state index in [4.69, 9.17) is 5.73 Å². The Kier molecular flexibility index (Phi) is 3.49. The maximum atomic E-state index is 5.82. The topological polar surface area (TPSA) is 85.8 Å². The van der Waals surface area contributed by atoms with Crippen LogP contribution < -0.4 is 10.6 Å². The third-order valence-electron chi connectivity index (χ3n) is 3.29. The molecule has 0 atom stereocenters. The fourth-order valence-electron chi connectivity index (χ4n) is 2.16. The molecule has 0 unspecified atom stereocenters. The van der Waals surface area contributed by atoms with E-state index in [1.807, 2.05) is 6.07 Å². The Labute approximate surface area is 117 Å². The quantitative estimate of drug-likeness (QED) is 0.853. The van der Waals surface area contributed by atoms with Crippen molar-refractivity contribution in [2.75, 3.05) is 23.7 Å². The van der Waals surface area contributed by atoms with Gasteiger partial charge in [-0.1, -0.05) is 6.92 Å². The van der Waals surface area contributed by atoms with Crippen LogP contribution in [-0.4, -0.2) is 37.8 Å². The molecule has 0 aliphatic heterocycles. The van der Waals surface area contributed by atoms with Crippen molar-refractivity contribution in [1.82, 2.24) is 24.7 Å². The van der Waals surface area contributed by atoms with Crippen LogP contribution in [0, 0.1) is 5.92 Å². The first-order chi connectivity index (χ1) is 9.76. The Morgan fingerprint density at radius 1 is 1.35 bits per heavy atom. The fourth-order valence-corrected chi connectivity index (χ4v) is 2.16. The van der Waals surface area contributed by atoms with Gasteiger partial charge in [-0.15, -0.1) is 0 Å².